The Morgan fingerprint density at radius 3 is 2.81 bits per heavy atom. The fourth-order valence-corrected chi connectivity index (χ4v) is 5.55. The van der Waals surface area contributed by atoms with Gasteiger partial charge >= 0.3 is 0 Å². The van der Waals surface area contributed by atoms with Crippen molar-refractivity contribution in [2.45, 2.75) is 44.0 Å². The van der Waals surface area contributed by atoms with E-state index in [0.29, 0.717) is 52.1 Å². The first-order chi connectivity index (χ1) is 20.9. The van der Waals surface area contributed by atoms with E-state index in [-0.39, 0.29) is 11.9 Å². The maximum atomic E-state index is 12.8. The average molecular weight is 579 g/mol. The van der Waals surface area contributed by atoms with Crippen LogP contribution in [-0.2, 0) is 0 Å². The summed E-state index contributed by atoms with van der Waals surface area (Å²) in [4.78, 5) is 30.1. The fraction of sp³-hybridized carbons (Fsp3) is 0.355. The highest BCUT2D eigenvalue weighted by atomic mass is 16.3. The number of likely N-dealkylation sites (N-methyl/N-ethyl adjacent to an activating group) is 1. The summed E-state index contributed by atoms with van der Waals surface area (Å²) in [5, 5.41) is 28.4. The number of nitrogens with one attached hydrogen (secondary N) is 1. The number of nitrogens with zero attached hydrogens (tertiary/aromatic N) is 8. The van der Waals surface area contributed by atoms with Gasteiger partial charge in [0.25, 0.3) is 5.91 Å². The van der Waals surface area contributed by atoms with Gasteiger partial charge in [0, 0.05) is 43.0 Å². The highest BCUT2D eigenvalue weighted by Gasteiger charge is 2.29. The Bertz CT molecular complexity index is 1690. The second-order valence-corrected chi connectivity index (χ2v) is 11.1. The van der Waals surface area contributed by atoms with Crippen LogP contribution in [0.1, 0.15) is 47.6 Å². The predicted octanol–water partition coefficient (Wildman–Crippen LogP) is 3.20. The number of pyridine rings is 1. The molecule has 0 bridgehead atoms. The van der Waals surface area contributed by atoms with Crippen molar-refractivity contribution in [2.24, 2.45) is 0 Å². The molecule has 1 aliphatic heterocycles. The lowest BCUT2D eigenvalue weighted by Gasteiger charge is -2.35. The first-order valence-corrected chi connectivity index (χ1v) is 14.5. The number of fused-ring (bicyclic) bond motifs is 1. The zero-order valence-electron chi connectivity index (χ0n) is 24.0. The summed E-state index contributed by atoms with van der Waals surface area (Å²) in [6, 6.07) is 12.8. The Labute approximate surface area is 249 Å². The van der Waals surface area contributed by atoms with Crippen LogP contribution in [-0.4, -0.2) is 84.5 Å². The van der Waals surface area contributed by atoms with Crippen molar-refractivity contribution in [1.82, 2.24) is 34.5 Å². The van der Waals surface area contributed by atoms with Gasteiger partial charge in [0.2, 0.25) is 0 Å². The van der Waals surface area contributed by atoms with Gasteiger partial charge in [0.15, 0.2) is 5.65 Å². The van der Waals surface area contributed by atoms with Crippen molar-refractivity contribution >= 4 is 28.6 Å². The largest absolute Gasteiger partial charge is 0.383 e. The molecule has 4 aromatic rings. The molecule has 1 amide bonds. The molecule has 12 heteroatoms. The molecule has 1 saturated carbocycles. The summed E-state index contributed by atoms with van der Waals surface area (Å²) < 4.78 is 1.90. The summed E-state index contributed by atoms with van der Waals surface area (Å²) in [6.45, 7) is 2.24. The third-order valence-electron chi connectivity index (χ3n) is 8.09. The summed E-state index contributed by atoms with van der Waals surface area (Å²) in [5.74, 6) is 0.281. The van der Waals surface area contributed by atoms with Crippen molar-refractivity contribution in [3.05, 3.63) is 72.2 Å². The molecule has 0 radical (unpaired) electrons. The van der Waals surface area contributed by atoms with Gasteiger partial charge in [-0.3, -0.25) is 14.6 Å². The van der Waals surface area contributed by atoms with Crippen LogP contribution in [0, 0.1) is 11.3 Å². The molecule has 6 rings (SSSR count). The summed E-state index contributed by atoms with van der Waals surface area (Å²) in [7, 11) is 2.12. The topological polar surface area (TPSA) is 162 Å². The Kier molecular flexibility index (Phi) is 8.11. The molecular weight excluding hydrogens is 544 g/mol. The number of nitrogens with two attached hydrogens (primary N) is 1. The van der Waals surface area contributed by atoms with E-state index in [9.17, 15) is 9.90 Å². The van der Waals surface area contributed by atoms with Crippen LogP contribution in [0.25, 0.3) is 22.3 Å². The normalized spacial score (nSPS) is 18.2. The number of piperidine rings is 1. The monoisotopic (exact) mass is 578 g/mol. The van der Waals surface area contributed by atoms with Gasteiger partial charge in [0.05, 0.1) is 23.1 Å². The van der Waals surface area contributed by atoms with E-state index < -0.39 is 6.23 Å². The number of likely N-dealkylation sites (tertiary alicyclic amines) is 1. The van der Waals surface area contributed by atoms with Gasteiger partial charge in [-0.15, -0.1) is 0 Å². The van der Waals surface area contributed by atoms with E-state index in [2.05, 4.69) is 37.1 Å². The SMILES string of the molecule is CN(C/C=C/C(O)N1CCC[C@@H](n2nc(-c3ccc(C(=O)Nc4cc(C#N)ccn4)cc3)c3c(N)ncnc32)C1)C1CC1. The summed E-state index contributed by atoms with van der Waals surface area (Å²) in [5.41, 5.74) is 9.21. The number of rotatable bonds is 9. The van der Waals surface area contributed by atoms with Crippen LogP contribution in [0.3, 0.4) is 0 Å². The van der Waals surface area contributed by atoms with Gasteiger partial charge in [-0.05, 0) is 63.1 Å². The molecular formula is C31H34N10O2. The quantitative estimate of drug-likeness (QED) is 0.251. The molecule has 1 saturated heterocycles. The van der Waals surface area contributed by atoms with Crippen molar-refractivity contribution in [2.75, 3.05) is 37.7 Å². The minimum atomic E-state index is -0.673. The zero-order valence-corrected chi connectivity index (χ0v) is 24.0. The van der Waals surface area contributed by atoms with Crippen LogP contribution in [0.2, 0.25) is 0 Å². The molecule has 4 N–H and O–H groups in total. The molecule has 220 valence electrons. The van der Waals surface area contributed by atoms with Crippen molar-refractivity contribution in [1.29, 1.82) is 5.26 Å². The van der Waals surface area contributed by atoms with Crippen molar-refractivity contribution in [3.8, 4) is 17.3 Å². The molecule has 2 fully saturated rings. The third kappa shape index (κ3) is 6.24. The molecule has 1 aromatic carbocycles. The molecule has 12 nitrogen and oxygen atoms in total. The van der Waals surface area contributed by atoms with Gasteiger partial charge in [-0.1, -0.05) is 18.2 Å². The Hall–Kier alpha value is -4.70. The van der Waals surface area contributed by atoms with Crippen LogP contribution >= 0.6 is 0 Å². The first kappa shape index (κ1) is 28.4. The zero-order chi connectivity index (χ0) is 29.9. The van der Waals surface area contributed by atoms with Gasteiger partial charge < -0.3 is 16.2 Å². The fourth-order valence-electron chi connectivity index (χ4n) is 5.55. The number of benzene rings is 1. The average Bonchev–Trinajstić information content (AvgIpc) is 3.81. The van der Waals surface area contributed by atoms with E-state index in [1.165, 1.54) is 31.4 Å². The van der Waals surface area contributed by atoms with E-state index in [1.807, 2.05) is 35.0 Å². The van der Waals surface area contributed by atoms with Gasteiger partial charge in [-0.25, -0.2) is 19.6 Å². The maximum absolute atomic E-state index is 12.8. The number of carbonyl (C=O) groups excluding carboxylic acids is 1. The Morgan fingerprint density at radius 1 is 1.23 bits per heavy atom. The third-order valence-corrected chi connectivity index (χ3v) is 8.09. The highest BCUT2D eigenvalue weighted by molar-refractivity contribution is 6.04. The minimum absolute atomic E-state index is 0.0155. The van der Waals surface area contributed by atoms with Crippen LogP contribution in [0.15, 0.2) is 61.1 Å². The second-order valence-electron chi connectivity index (χ2n) is 11.1. The van der Waals surface area contributed by atoms with E-state index in [0.717, 1.165) is 31.5 Å². The number of anilines is 2. The molecule has 1 aliphatic carbocycles. The number of aliphatic hydroxyl groups excluding tert-OH is 1. The molecule has 0 spiro atoms. The molecule has 43 heavy (non-hydrogen) atoms. The number of amides is 1. The van der Waals surface area contributed by atoms with Crippen molar-refractivity contribution < 1.29 is 9.90 Å². The standard InChI is InChI=1S/C31H34N10O2/c1-39(23-10-11-23)14-3-5-26(42)40-15-2-4-24(18-40)41-30-27(29(33)35-19-36-30)28(38-41)21-6-8-22(9-7-21)31(43)37-25-16-20(17-32)12-13-34-25/h3,5-9,12-13,16,19,23-24,26,42H,2,4,10-11,14-15,18H2,1H3,(H2,33,35,36)(H,34,37,43)/b5-3+/t24-,26?/m1/s1. The summed E-state index contributed by atoms with van der Waals surface area (Å²) in [6.07, 6.45) is 10.5. The molecule has 2 aliphatic rings. The van der Waals surface area contributed by atoms with E-state index >= 15 is 0 Å². The Balaban J connectivity index is 1.21. The number of hydrogen-bond acceptors (Lipinski definition) is 10. The smallest absolute Gasteiger partial charge is 0.256 e. The number of carbonyl (C=O) groups is 1. The Morgan fingerprint density at radius 2 is 2.05 bits per heavy atom. The number of nitrogen functional groups attached to an aromatic ring is 1. The number of aromatic nitrogens is 5. The highest BCUT2D eigenvalue weighted by Crippen LogP contribution is 2.34. The maximum Gasteiger partial charge on any atom is 0.256 e. The lowest BCUT2D eigenvalue weighted by atomic mass is 10.1. The van der Waals surface area contributed by atoms with Gasteiger partial charge in [-0.2, -0.15) is 10.4 Å². The van der Waals surface area contributed by atoms with Crippen LogP contribution in [0.5, 0.6) is 0 Å². The first-order valence-electron chi connectivity index (χ1n) is 14.5. The van der Waals surface area contributed by atoms with E-state index in [1.54, 1.807) is 18.2 Å². The van der Waals surface area contributed by atoms with Crippen LogP contribution in [0.4, 0.5) is 11.6 Å². The van der Waals surface area contributed by atoms with Gasteiger partial charge in [0.1, 0.15) is 29.9 Å². The van der Waals surface area contributed by atoms with E-state index in [4.69, 9.17) is 16.1 Å². The summed E-state index contributed by atoms with van der Waals surface area (Å²) >= 11 is 0. The minimum Gasteiger partial charge on any atom is -0.383 e. The lowest BCUT2D eigenvalue weighted by Crippen LogP contribution is -2.42. The molecule has 3 aromatic heterocycles. The van der Waals surface area contributed by atoms with Crippen molar-refractivity contribution in [3.63, 3.8) is 0 Å². The van der Waals surface area contributed by atoms with Crippen LogP contribution < -0.4 is 11.1 Å². The molecule has 2 atom stereocenters. The molecule has 1 unspecified atom stereocenters. The second kappa shape index (κ2) is 12.3. The number of nitriles is 1. The lowest BCUT2D eigenvalue weighted by molar-refractivity contribution is 0.0122. The predicted molar refractivity (Wildman–Crippen MR) is 163 cm³/mol. The number of aliphatic hydroxyl groups is 1. The molecule has 4 heterocycles. The number of hydrogen-bond donors (Lipinski definition) is 3.